The Bertz CT molecular complexity index is 498. The number of rotatable bonds is 3. The van der Waals surface area contributed by atoms with Crippen molar-refractivity contribution in [1.29, 1.82) is 0 Å². The number of thiophene rings is 1. The minimum absolute atomic E-state index is 0.566. The molecular formula is C11H7Br2ClOS. The zero-order valence-electron chi connectivity index (χ0n) is 8.04. The highest BCUT2D eigenvalue weighted by Crippen LogP contribution is 2.29. The standard InChI is InChI=1S/C11H7Br2ClOS/c12-7-3-9(16-6-7)5-15-11-2-1-8(14)4-10(11)13/h1-4,6H,5H2. The zero-order valence-corrected chi connectivity index (χ0v) is 12.8. The summed E-state index contributed by atoms with van der Waals surface area (Å²) < 4.78 is 7.64. The van der Waals surface area contributed by atoms with E-state index in [1.807, 2.05) is 23.6 Å². The van der Waals surface area contributed by atoms with E-state index in [4.69, 9.17) is 16.3 Å². The summed E-state index contributed by atoms with van der Waals surface area (Å²) in [6.45, 7) is 0.566. The van der Waals surface area contributed by atoms with Gasteiger partial charge in [-0.05, 0) is 56.1 Å². The van der Waals surface area contributed by atoms with Gasteiger partial charge in [0.2, 0.25) is 0 Å². The predicted molar refractivity (Wildman–Crippen MR) is 75.5 cm³/mol. The van der Waals surface area contributed by atoms with Crippen molar-refractivity contribution in [3.8, 4) is 5.75 Å². The molecule has 1 heterocycles. The highest BCUT2D eigenvalue weighted by atomic mass is 79.9. The summed E-state index contributed by atoms with van der Waals surface area (Å²) >= 11 is 14.3. The first-order chi connectivity index (χ1) is 7.65. The maximum absolute atomic E-state index is 5.85. The second-order valence-electron chi connectivity index (χ2n) is 3.09. The van der Waals surface area contributed by atoms with Crippen molar-refractivity contribution in [3.05, 3.63) is 48.5 Å². The Hall–Kier alpha value is -0.0300. The molecule has 1 aromatic heterocycles. The van der Waals surface area contributed by atoms with Gasteiger partial charge in [0.25, 0.3) is 0 Å². The van der Waals surface area contributed by atoms with Crippen LogP contribution in [0.25, 0.3) is 0 Å². The third-order valence-corrected chi connectivity index (χ3v) is 4.41. The van der Waals surface area contributed by atoms with Crippen LogP contribution < -0.4 is 4.74 Å². The largest absolute Gasteiger partial charge is 0.487 e. The van der Waals surface area contributed by atoms with Crippen LogP contribution in [0.5, 0.6) is 5.75 Å². The Balaban J connectivity index is 2.04. The van der Waals surface area contributed by atoms with E-state index < -0.39 is 0 Å². The fourth-order valence-corrected chi connectivity index (χ4v) is 3.33. The zero-order chi connectivity index (χ0) is 11.5. The molecule has 84 valence electrons. The van der Waals surface area contributed by atoms with Crippen molar-refractivity contribution in [2.24, 2.45) is 0 Å². The average molecular weight is 383 g/mol. The summed E-state index contributed by atoms with van der Waals surface area (Å²) in [6, 6.07) is 7.54. The van der Waals surface area contributed by atoms with Gasteiger partial charge in [-0.25, -0.2) is 0 Å². The van der Waals surface area contributed by atoms with E-state index in [1.54, 1.807) is 11.3 Å². The number of ether oxygens (including phenoxy) is 1. The molecule has 0 radical (unpaired) electrons. The molecule has 0 aliphatic carbocycles. The van der Waals surface area contributed by atoms with E-state index in [2.05, 4.69) is 37.9 Å². The highest BCUT2D eigenvalue weighted by molar-refractivity contribution is 9.10. The molecule has 0 fully saturated rings. The monoisotopic (exact) mass is 380 g/mol. The molecule has 1 aromatic carbocycles. The Morgan fingerprint density at radius 2 is 2.06 bits per heavy atom. The van der Waals surface area contributed by atoms with E-state index >= 15 is 0 Å². The predicted octanol–water partition coefficient (Wildman–Crippen LogP) is 5.51. The van der Waals surface area contributed by atoms with E-state index in [1.165, 1.54) is 4.88 Å². The van der Waals surface area contributed by atoms with Crippen LogP contribution in [0.4, 0.5) is 0 Å². The molecule has 16 heavy (non-hydrogen) atoms. The van der Waals surface area contributed by atoms with Gasteiger partial charge in [-0.2, -0.15) is 0 Å². The second-order valence-corrected chi connectivity index (χ2v) is 6.30. The minimum Gasteiger partial charge on any atom is -0.487 e. The van der Waals surface area contributed by atoms with E-state index in [9.17, 15) is 0 Å². The molecule has 0 N–H and O–H groups in total. The van der Waals surface area contributed by atoms with E-state index in [-0.39, 0.29) is 0 Å². The molecule has 0 atom stereocenters. The number of hydrogen-bond acceptors (Lipinski definition) is 2. The third kappa shape index (κ3) is 3.23. The Kier molecular flexibility index (Phi) is 4.30. The van der Waals surface area contributed by atoms with Gasteiger partial charge in [0.15, 0.2) is 0 Å². The number of benzene rings is 1. The summed E-state index contributed by atoms with van der Waals surface area (Å²) in [6.07, 6.45) is 0. The summed E-state index contributed by atoms with van der Waals surface area (Å²) in [5.41, 5.74) is 0. The molecule has 0 unspecified atom stereocenters. The Morgan fingerprint density at radius 3 is 2.69 bits per heavy atom. The lowest BCUT2D eigenvalue weighted by atomic mass is 10.3. The van der Waals surface area contributed by atoms with Crippen molar-refractivity contribution in [2.75, 3.05) is 0 Å². The first-order valence-corrected chi connectivity index (χ1v) is 7.30. The Labute approximate surface area is 120 Å². The summed E-state index contributed by atoms with van der Waals surface area (Å²) in [7, 11) is 0. The quantitative estimate of drug-likeness (QED) is 0.681. The Morgan fingerprint density at radius 1 is 1.25 bits per heavy atom. The summed E-state index contributed by atoms with van der Waals surface area (Å²) in [5.74, 6) is 0.800. The fraction of sp³-hybridized carbons (Fsp3) is 0.0909. The molecule has 0 amide bonds. The minimum atomic E-state index is 0.566. The maximum atomic E-state index is 5.85. The van der Waals surface area contributed by atoms with Gasteiger partial charge in [0.1, 0.15) is 12.4 Å². The van der Waals surface area contributed by atoms with Crippen LogP contribution in [0.3, 0.4) is 0 Å². The van der Waals surface area contributed by atoms with Crippen molar-refractivity contribution in [3.63, 3.8) is 0 Å². The van der Waals surface area contributed by atoms with Crippen molar-refractivity contribution >= 4 is 54.8 Å². The average Bonchev–Trinajstić information content (AvgIpc) is 2.63. The van der Waals surface area contributed by atoms with Crippen LogP contribution in [0, 0.1) is 0 Å². The molecule has 1 nitrogen and oxygen atoms in total. The molecule has 0 aliphatic rings. The van der Waals surface area contributed by atoms with Crippen LogP contribution in [-0.2, 0) is 6.61 Å². The summed E-state index contributed by atoms with van der Waals surface area (Å²) in [5, 5.41) is 2.73. The molecular weight excluding hydrogens is 375 g/mol. The molecule has 2 aromatic rings. The van der Waals surface area contributed by atoms with E-state index in [0.29, 0.717) is 11.6 Å². The smallest absolute Gasteiger partial charge is 0.134 e. The lowest BCUT2D eigenvalue weighted by Crippen LogP contribution is -1.93. The molecule has 0 aliphatic heterocycles. The van der Waals surface area contributed by atoms with Gasteiger partial charge >= 0.3 is 0 Å². The molecule has 5 heteroatoms. The van der Waals surface area contributed by atoms with Crippen molar-refractivity contribution in [1.82, 2.24) is 0 Å². The molecule has 0 bridgehead atoms. The van der Waals surface area contributed by atoms with Gasteiger partial charge < -0.3 is 4.74 Å². The second kappa shape index (κ2) is 5.54. The third-order valence-electron chi connectivity index (χ3n) is 1.89. The van der Waals surface area contributed by atoms with Gasteiger partial charge in [0, 0.05) is 19.8 Å². The van der Waals surface area contributed by atoms with Crippen LogP contribution in [-0.4, -0.2) is 0 Å². The first-order valence-electron chi connectivity index (χ1n) is 4.46. The lowest BCUT2D eigenvalue weighted by molar-refractivity contribution is 0.308. The van der Waals surface area contributed by atoms with E-state index in [0.717, 1.165) is 14.7 Å². The molecule has 0 saturated carbocycles. The van der Waals surface area contributed by atoms with Gasteiger partial charge in [-0.15, -0.1) is 11.3 Å². The molecule has 0 spiro atoms. The summed E-state index contributed by atoms with van der Waals surface area (Å²) in [4.78, 5) is 1.17. The highest BCUT2D eigenvalue weighted by Gasteiger charge is 2.03. The number of halogens is 3. The maximum Gasteiger partial charge on any atom is 0.134 e. The van der Waals surface area contributed by atoms with Gasteiger partial charge in [0.05, 0.1) is 4.47 Å². The van der Waals surface area contributed by atoms with Crippen molar-refractivity contribution in [2.45, 2.75) is 6.61 Å². The van der Waals surface area contributed by atoms with Crippen LogP contribution in [0.2, 0.25) is 5.02 Å². The van der Waals surface area contributed by atoms with Gasteiger partial charge in [-0.1, -0.05) is 11.6 Å². The van der Waals surface area contributed by atoms with Crippen LogP contribution in [0.1, 0.15) is 4.88 Å². The normalized spacial score (nSPS) is 10.4. The molecule has 0 saturated heterocycles. The topological polar surface area (TPSA) is 9.23 Å². The lowest BCUT2D eigenvalue weighted by Gasteiger charge is -2.06. The van der Waals surface area contributed by atoms with Crippen LogP contribution in [0.15, 0.2) is 38.6 Å². The number of hydrogen-bond donors (Lipinski definition) is 0. The first kappa shape index (κ1) is 12.4. The van der Waals surface area contributed by atoms with Crippen molar-refractivity contribution < 1.29 is 4.74 Å². The SMILES string of the molecule is Clc1ccc(OCc2cc(Br)cs2)c(Br)c1. The fourth-order valence-electron chi connectivity index (χ4n) is 1.17. The molecule has 2 rings (SSSR count). The van der Waals surface area contributed by atoms with Gasteiger partial charge in [-0.3, -0.25) is 0 Å². The van der Waals surface area contributed by atoms with Crippen LogP contribution >= 0.6 is 54.8 Å².